The second-order valence-corrected chi connectivity index (χ2v) is 8.26. The van der Waals surface area contributed by atoms with Crippen LogP contribution in [0.15, 0.2) is 30.5 Å². The highest BCUT2D eigenvalue weighted by atomic mass is 32.2. The zero-order chi connectivity index (χ0) is 18.4. The van der Waals surface area contributed by atoms with Crippen LogP contribution in [0.5, 0.6) is 0 Å². The predicted octanol–water partition coefficient (Wildman–Crippen LogP) is 3.69. The van der Waals surface area contributed by atoms with Crippen molar-refractivity contribution in [3.8, 4) is 0 Å². The highest BCUT2D eigenvalue weighted by Crippen LogP contribution is 2.25. The van der Waals surface area contributed by atoms with Gasteiger partial charge in [-0.25, -0.2) is 4.31 Å². The van der Waals surface area contributed by atoms with E-state index < -0.39 is 12.4 Å². The fraction of sp³-hybridized carbons (Fsp3) is 0.579. The van der Waals surface area contributed by atoms with Crippen molar-refractivity contribution in [3.63, 3.8) is 0 Å². The summed E-state index contributed by atoms with van der Waals surface area (Å²) in [5.74, 6) is 0. The number of fused-ring (bicyclic) bond motifs is 1. The quantitative estimate of drug-likeness (QED) is 0.442. The van der Waals surface area contributed by atoms with Gasteiger partial charge in [-0.3, -0.25) is 0 Å². The maximum absolute atomic E-state index is 10.4. The SMILES string of the molecule is CCC(C)N(CC(O)COC(O)c1cccc2[nH]ccc12)SC(C)C. The van der Waals surface area contributed by atoms with Crippen LogP contribution in [0.2, 0.25) is 0 Å². The van der Waals surface area contributed by atoms with Crippen LogP contribution in [0.4, 0.5) is 0 Å². The lowest BCUT2D eigenvalue weighted by Gasteiger charge is -2.30. The van der Waals surface area contributed by atoms with Gasteiger partial charge in [-0.15, -0.1) is 0 Å². The van der Waals surface area contributed by atoms with E-state index in [1.807, 2.05) is 30.5 Å². The number of hydrogen-bond acceptors (Lipinski definition) is 5. The number of aromatic amines is 1. The summed E-state index contributed by atoms with van der Waals surface area (Å²) in [5.41, 5.74) is 1.67. The van der Waals surface area contributed by atoms with E-state index in [1.165, 1.54) is 0 Å². The minimum Gasteiger partial charge on any atom is -0.389 e. The molecule has 3 N–H and O–H groups in total. The summed E-state index contributed by atoms with van der Waals surface area (Å²) < 4.78 is 7.75. The van der Waals surface area contributed by atoms with Gasteiger partial charge in [-0.2, -0.15) is 0 Å². The summed E-state index contributed by atoms with van der Waals surface area (Å²) >= 11 is 1.75. The first-order valence-corrected chi connectivity index (χ1v) is 9.73. The van der Waals surface area contributed by atoms with Crippen LogP contribution in [-0.2, 0) is 4.74 Å². The molecule has 6 heteroatoms. The molecule has 0 spiro atoms. The monoisotopic (exact) mass is 366 g/mol. The molecule has 1 aromatic carbocycles. The van der Waals surface area contributed by atoms with Crippen molar-refractivity contribution in [1.29, 1.82) is 0 Å². The molecule has 3 atom stereocenters. The Morgan fingerprint density at radius 2 is 1.96 bits per heavy atom. The molecule has 25 heavy (non-hydrogen) atoms. The minimum atomic E-state index is -1.05. The summed E-state index contributed by atoms with van der Waals surface area (Å²) in [6.45, 7) is 9.19. The Morgan fingerprint density at radius 3 is 2.64 bits per heavy atom. The highest BCUT2D eigenvalue weighted by molar-refractivity contribution is 7.97. The van der Waals surface area contributed by atoms with E-state index in [4.69, 9.17) is 4.74 Å². The third-order valence-corrected chi connectivity index (χ3v) is 5.36. The van der Waals surface area contributed by atoms with E-state index in [0.29, 0.717) is 23.4 Å². The van der Waals surface area contributed by atoms with Crippen LogP contribution in [0.3, 0.4) is 0 Å². The molecule has 0 fully saturated rings. The number of benzene rings is 1. The van der Waals surface area contributed by atoms with Crippen LogP contribution in [0, 0.1) is 0 Å². The lowest BCUT2D eigenvalue weighted by atomic mass is 10.1. The Kier molecular flexibility index (Phi) is 7.78. The Bertz CT molecular complexity index is 646. The number of aromatic nitrogens is 1. The average molecular weight is 367 g/mol. The molecule has 0 saturated heterocycles. The van der Waals surface area contributed by atoms with Gasteiger partial charge in [0.25, 0.3) is 0 Å². The maximum atomic E-state index is 10.4. The van der Waals surface area contributed by atoms with Crippen molar-refractivity contribution >= 4 is 22.9 Å². The van der Waals surface area contributed by atoms with Gasteiger partial charge in [0.1, 0.15) is 0 Å². The minimum absolute atomic E-state index is 0.0908. The first-order valence-electron chi connectivity index (χ1n) is 8.89. The van der Waals surface area contributed by atoms with Crippen molar-refractivity contribution in [2.75, 3.05) is 13.2 Å². The highest BCUT2D eigenvalue weighted by Gasteiger charge is 2.20. The lowest BCUT2D eigenvalue weighted by Crippen LogP contribution is -2.37. The molecule has 0 aliphatic heterocycles. The molecule has 140 valence electrons. The number of ether oxygens (including phenoxy) is 1. The molecule has 0 aliphatic rings. The van der Waals surface area contributed by atoms with Gasteiger partial charge >= 0.3 is 0 Å². The summed E-state index contributed by atoms with van der Waals surface area (Å²) in [6.07, 6.45) is 1.15. The summed E-state index contributed by atoms with van der Waals surface area (Å²) in [7, 11) is 0. The van der Waals surface area contributed by atoms with Gasteiger partial charge in [-0.05, 0) is 25.5 Å². The van der Waals surface area contributed by atoms with E-state index >= 15 is 0 Å². The second kappa shape index (κ2) is 9.59. The number of aliphatic hydroxyl groups excluding tert-OH is 2. The van der Waals surface area contributed by atoms with E-state index in [9.17, 15) is 10.2 Å². The van der Waals surface area contributed by atoms with Crippen LogP contribution in [0.25, 0.3) is 10.9 Å². The van der Waals surface area contributed by atoms with Crippen molar-refractivity contribution in [2.45, 2.75) is 57.8 Å². The van der Waals surface area contributed by atoms with Crippen LogP contribution in [0.1, 0.15) is 46.0 Å². The topological polar surface area (TPSA) is 68.7 Å². The van der Waals surface area contributed by atoms with Crippen molar-refractivity contribution in [2.24, 2.45) is 0 Å². The number of H-pyrrole nitrogens is 1. The standard InChI is InChI=1S/C19H30N2O3S/c1-5-14(4)21(25-13(2)3)11-15(22)12-24-19(23)17-7-6-8-18-16(17)9-10-20-18/h6-10,13-15,19-20,22-23H,5,11-12H2,1-4H3. The molecule has 0 radical (unpaired) electrons. The molecule has 0 amide bonds. The Labute approximate surface area is 154 Å². The summed E-state index contributed by atoms with van der Waals surface area (Å²) in [4.78, 5) is 3.12. The molecule has 0 saturated carbocycles. The average Bonchev–Trinajstić information content (AvgIpc) is 3.06. The zero-order valence-electron chi connectivity index (χ0n) is 15.5. The van der Waals surface area contributed by atoms with Gasteiger partial charge in [0.05, 0.1) is 12.7 Å². The molecule has 2 aromatic rings. The third kappa shape index (κ3) is 5.72. The van der Waals surface area contributed by atoms with E-state index in [2.05, 4.69) is 37.0 Å². The smallest absolute Gasteiger partial charge is 0.181 e. The second-order valence-electron chi connectivity index (χ2n) is 6.64. The van der Waals surface area contributed by atoms with Crippen LogP contribution in [-0.4, -0.2) is 50.0 Å². The lowest BCUT2D eigenvalue weighted by molar-refractivity contribution is -0.125. The largest absolute Gasteiger partial charge is 0.389 e. The Morgan fingerprint density at radius 1 is 1.20 bits per heavy atom. The number of rotatable bonds is 10. The zero-order valence-corrected chi connectivity index (χ0v) is 16.3. The number of nitrogens with one attached hydrogen (secondary N) is 1. The first-order chi connectivity index (χ1) is 11.9. The first kappa shape index (κ1) is 20.3. The molecule has 1 heterocycles. The molecule has 5 nitrogen and oxygen atoms in total. The van der Waals surface area contributed by atoms with Gasteiger partial charge in [0.15, 0.2) is 6.29 Å². The van der Waals surface area contributed by atoms with Crippen molar-refractivity contribution in [3.05, 3.63) is 36.0 Å². The van der Waals surface area contributed by atoms with E-state index in [1.54, 1.807) is 11.9 Å². The van der Waals surface area contributed by atoms with Crippen LogP contribution >= 0.6 is 11.9 Å². The molecule has 1 aromatic heterocycles. The number of aliphatic hydroxyl groups is 2. The molecule has 2 rings (SSSR count). The molecular formula is C19H30N2O3S. The fourth-order valence-corrected chi connectivity index (χ4v) is 3.84. The van der Waals surface area contributed by atoms with E-state index in [0.717, 1.165) is 17.3 Å². The molecular weight excluding hydrogens is 336 g/mol. The van der Waals surface area contributed by atoms with E-state index in [-0.39, 0.29) is 6.61 Å². The van der Waals surface area contributed by atoms with Gasteiger partial charge < -0.3 is 19.9 Å². The Hall–Kier alpha value is -1.05. The fourth-order valence-electron chi connectivity index (χ4n) is 2.68. The number of nitrogens with zero attached hydrogens (tertiary/aromatic N) is 1. The molecule has 0 bridgehead atoms. The van der Waals surface area contributed by atoms with Crippen molar-refractivity contribution < 1.29 is 14.9 Å². The van der Waals surface area contributed by atoms with Gasteiger partial charge in [0.2, 0.25) is 0 Å². The molecule has 0 aliphatic carbocycles. The van der Waals surface area contributed by atoms with Gasteiger partial charge in [0, 0.05) is 40.5 Å². The van der Waals surface area contributed by atoms with Crippen LogP contribution < -0.4 is 0 Å². The van der Waals surface area contributed by atoms with Gasteiger partial charge in [-0.1, -0.05) is 44.9 Å². The predicted molar refractivity (Wildman–Crippen MR) is 104 cm³/mol. The summed E-state index contributed by atoms with van der Waals surface area (Å²) in [5, 5.41) is 22.1. The maximum Gasteiger partial charge on any atom is 0.181 e. The Balaban J connectivity index is 1.92. The number of hydrogen-bond donors (Lipinski definition) is 3. The summed E-state index contributed by atoms with van der Waals surface area (Å²) in [6, 6.07) is 7.96. The third-order valence-electron chi connectivity index (χ3n) is 4.16. The molecule has 3 unspecified atom stereocenters. The normalized spacial score (nSPS) is 15.8. The van der Waals surface area contributed by atoms with Crippen molar-refractivity contribution in [1.82, 2.24) is 9.29 Å².